The number of nitrogens with two attached hydrogens (primary N) is 1. The van der Waals surface area contributed by atoms with Crippen LogP contribution in [-0.4, -0.2) is 76.3 Å². The Morgan fingerprint density at radius 3 is 2.00 bits per heavy atom. The molecule has 0 aromatic rings. The van der Waals surface area contributed by atoms with Crippen LogP contribution >= 0.6 is 0 Å². The summed E-state index contributed by atoms with van der Waals surface area (Å²) in [5.41, 5.74) is 5.42. The van der Waals surface area contributed by atoms with E-state index in [0.29, 0.717) is 0 Å². The summed E-state index contributed by atoms with van der Waals surface area (Å²) < 4.78 is 0. The third kappa shape index (κ3) is 8.39. The van der Waals surface area contributed by atoms with E-state index in [-0.39, 0.29) is 0 Å². The Kier molecular flexibility index (Phi) is 9.84. The van der Waals surface area contributed by atoms with Gasteiger partial charge in [-0.3, -0.25) is 19.2 Å². The molecule has 12 nitrogen and oxygen atoms in total. The number of hydrogen-bond donors (Lipinski definition) is 7. The van der Waals surface area contributed by atoms with Gasteiger partial charge < -0.3 is 37.0 Å². The maximum absolute atomic E-state index is 12.1. The maximum atomic E-state index is 12.1. The number of carbonyl (C=O) groups is 5. The molecule has 0 bridgehead atoms. The Bertz CT molecular complexity index is 551. The first-order valence-corrected chi connectivity index (χ1v) is 7.68. The van der Waals surface area contributed by atoms with Crippen molar-refractivity contribution in [1.82, 2.24) is 16.0 Å². The number of carboxylic acid groups (broad SMARTS) is 2. The Hall–Kier alpha value is -2.73. The minimum Gasteiger partial charge on any atom is -0.481 e. The van der Waals surface area contributed by atoms with Crippen LogP contribution in [0.3, 0.4) is 0 Å². The van der Waals surface area contributed by atoms with E-state index in [2.05, 4.69) is 10.6 Å². The van der Waals surface area contributed by atoms with Gasteiger partial charge in [-0.25, -0.2) is 4.79 Å². The Morgan fingerprint density at radius 1 is 1.00 bits per heavy atom. The van der Waals surface area contributed by atoms with Crippen LogP contribution in [0.5, 0.6) is 0 Å². The predicted molar refractivity (Wildman–Crippen MR) is 86.7 cm³/mol. The summed E-state index contributed by atoms with van der Waals surface area (Å²) in [5, 5.41) is 32.7. The van der Waals surface area contributed by atoms with Crippen molar-refractivity contribution in [2.24, 2.45) is 11.7 Å². The second-order valence-corrected chi connectivity index (χ2v) is 5.79. The fraction of sp³-hybridized carbons (Fsp3) is 0.643. The lowest BCUT2D eigenvalue weighted by Gasteiger charge is -2.23. The number of nitrogens with one attached hydrogen (secondary N) is 3. The largest absolute Gasteiger partial charge is 0.481 e. The second kappa shape index (κ2) is 11.0. The smallest absolute Gasteiger partial charge is 0.328 e. The maximum Gasteiger partial charge on any atom is 0.328 e. The highest BCUT2D eigenvalue weighted by molar-refractivity contribution is 5.93. The summed E-state index contributed by atoms with van der Waals surface area (Å²) in [4.78, 5) is 56.8. The van der Waals surface area contributed by atoms with Gasteiger partial charge in [0.15, 0.2) is 0 Å². The van der Waals surface area contributed by atoms with Crippen molar-refractivity contribution < 1.29 is 39.3 Å². The quantitative estimate of drug-likeness (QED) is 0.191. The van der Waals surface area contributed by atoms with Crippen LogP contribution in [0.15, 0.2) is 0 Å². The standard InChI is InChI=1S/C14H24N4O8/c1-6(2)11(18-12(23)7(15)3-10(21)22)13(24)16-4-9(20)17-8(5-19)14(25)26/h6-8,11,19H,3-5,15H2,1-2H3,(H,16,24)(H,17,20)(H,18,23)(H,21,22)(H,25,26). The van der Waals surface area contributed by atoms with E-state index in [1.165, 1.54) is 0 Å². The third-order valence-electron chi connectivity index (χ3n) is 3.22. The fourth-order valence-electron chi connectivity index (χ4n) is 1.78. The molecule has 148 valence electrons. The number of aliphatic carboxylic acids is 2. The summed E-state index contributed by atoms with van der Waals surface area (Å²) in [5.74, 6) is -5.53. The number of rotatable bonds is 11. The van der Waals surface area contributed by atoms with Crippen LogP contribution in [-0.2, 0) is 24.0 Å². The van der Waals surface area contributed by atoms with Crippen LogP contribution in [0.2, 0.25) is 0 Å². The molecule has 0 spiro atoms. The molecule has 0 fully saturated rings. The SMILES string of the molecule is CC(C)C(NC(=O)C(N)CC(=O)O)C(=O)NCC(=O)NC(CO)C(=O)O. The Morgan fingerprint density at radius 2 is 1.58 bits per heavy atom. The molecule has 3 amide bonds. The fourth-order valence-corrected chi connectivity index (χ4v) is 1.78. The number of aliphatic hydroxyl groups is 1. The highest BCUT2D eigenvalue weighted by Gasteiger charge is 2.28. The lowest BCUT2D eigenvalue weighted by atomic mass is 10.0. The zero-order chi connectivity index (χ0) is 20.4. The molecular weight excluding hydrogens is 352 g/mol. The summed E-state index contributed by atoms with van der Waals surface area (Å²) in [6, 6.07) is -3.93. The van der Waals surface area contributed by atoms with Crippen LogP contribution in [0.4, 0.5) is 0 Å². The average Bonchev–Trinajstić information content (AvgIpc) is 2.53. The van der Waals surface area contributed by atoms with Gasteiger partial charge in [-0.2, -0.15) is 0 Å². The van der Waals surface area contributed by atoms with E-state index in [1.54, 1.807) is 13.8 Å². The molecule has 3 unspecified atom stereocenters. The molecule has 26 heavy (non-hydrogen) atoms. The number of aliphatic hydroxyl groups excluding tert-OH is 1. The molecule has 0 aliphatic rings. The first-order chi connectivity index (χ1) is 12.0. The molecule has 0 aliphatic carbocycles. The number of carboxylic acids is 2. The van der Waals surface area contributed by atoms with Crippen molar-refractivity contribution in [2.45, 2.75) is 38.4 Å². The Labute approximate surface area is 149 Å². The van der Waals surface area contributed by atoms with Crippen LogP contribution < -0.4 is 21.7 Å². The lowest BCUT2D eigenvalue weighted by molar-refractivity contribution is -0.142. The zero-order valence-electron chi connectivity index (χ0n) is 14.4. The van der Waals surface area contributed by atoms with Crippen molar-refractivity contribution in [1.29, 1.82) is 0 Å². The summed E-state index contributed by atoms with van der Waals surface area (Å²) >= 11 is 0. The van der Waals surface area contributed by atoms with Crippen molar-refractivity contribution in [2.75, 3.05) is 13.2 Å². The van der Waals surface area contributed by atoms with Crippen LogP contribution in [0.25, 0.3) is 0 Å². The van der Waals surface area contributed by atoms with E-state index in [1.807, 2.05) is 5.32 Å². The molecule has 3 atom stereocenters. The topological polar surface area (TPSA) is 208 Å². The van der Waals surface area contributed by atoms with Crippen molar-refractivity contribution in [3.8, 4) is 0 Å². The van der Waals surface area contributed by atoms with Crippen LogP contribution in [0.1, 0.15) is 20.3 Å². The van der Waals surface area contributed by atoms with E-state index < -0.39 is 73.3 Å². The van der Waals surface area contributed by atoms with Gasteiger partial charge in [-0.05, 0) is 5.92 Å². The monoisotopic (exact) mass is 376 g/mol. The van der Waals surface area contributed by atoms with Gasteiger partial charge >= 0.3 is 11.9 Å². The number of amides is 3. The van der Waals surface area contributed by atoms with Crippen molar-refractivity contribution in [3.63, 3.8) is 0 Å². The van der Waals surface area contributed by atoms with Gasteiger partial charge in [0.1, 0.15) is 12.1 Å². The molecule has 0 aromatic carbocycles. The average molecular weight is 376 g/mol. The molecule has 0 rings (SSSR count). The van der Waals surface area contributed by atoms with Gasteiger partial charge in [0.05, 0.1) is 25.6 Å². The molecule has 0 radical (unpaired) electrons. The molecular formula is C14H24N4O8. The minimum atomic E-state index is -1.51. The van der Waals surface area contributed by atoms with Gasteiger partial charge in [0.25, 0.3) is 0 Å². The van der Waals surface area contributed by atoms with Gasteiger partial charge in [-0.1, -0.05) is 13.8 Å². The van der Waals surface area contributed by atoms with E-state index in [4.69, 9.17) is 21.1 Å². The molecule has 12 heteroatoms. The lowest BCUT2D eigenvalue weighted by Crippen LogP contribution is -2.55. The molecule has 0 aromatic heterocycles. The molecule has 8 N–H and O–H groups in total. The predicted octanol–water partition coefficient (Wildman–Crippen LogP) is -3.39. The van der Waals surface area contributed by atoms with Gasteiger partial charge in [0.2, 0.25) is 17.7 Å². The molecule has 0 saturated heterocycles. The summed E-state index contributed by atoms with van der Waals surface area (Å²) in [7, 11) is 0. The number of hydrogen-bond acceptors (Lipinski definition) is 7. The summed E-state index contributed by atoms with van der Waals surface area (Å²) in [6.45, 7) is 1.82. The van der Waals surface area contributed by atoms with E-state index in [9.17, 15) is 24.0 Å². The minimum absolute atomic E-state index is 0.400. The van der Waals surface area contributed by atoms with E-state index in [0.717, 1.165) is 0 Å². The van der Waals surface area contributed by atoms with Gasteiger partial charge in [0, 0.05) is 0 Å². The normalized spacial score (nSPS) is 14.0. The van der Waals surface area contributed by atoms with Crippen molar-refractivity contribution >= 4 is 29.7 Å². The highest BCUT2D eigenvalue weighted by atomic mass is 16.4. The second-order valence-electron chi connectivity index (χ2n) is 5.79. The first-order valence-electron chi connectivity index (χ1n) is 7.68. The third-order valence-corrected chi connectivity index (χ3v) is 3.22. The number of carbonyl (C=O) groups excluding carboxylic acids is 3. The van der Waals surface area contributed by atoms with Crippen molar-refractivity contribution in [3.05, 3.63) is 0 Å². The zero-order valence-corrected chi connectivity index (χ0v) is 14.4. The molecule has 0 heterocycles. The molecule has 0 aliphatic heterocycles. The van der Waals surface area contributed by atoms with Gasteiger partial charge in [-0.15, -0.1) is 0 Å². The Balaban J connectivity index is 4.69. The highest BCUT2D eigenvalue weighted by Crippen LogP contribution is 2.03. The summed E-state index contributed by atoms with van der Waals surface area (Å²) in [6.07, 6.45) is -0.613. The first kappa shape index (κ1) is 23.3. The van der Waals surface area contributed by atoms with E-state index >= 15 is 0 Å². The van der Waals surface area contributed by atoms with Crippen LogP contribution in [0, 0.1) is 5.92 Å². The molecule has 0 saturated carbocycles.